The van der Waals surface area contributed by atoms with Gasteiger partial charge in [0.2, 0.25) is 0 Å². The van der Waals surface area contributed by atoms with E-state index >= 15 is 0 Å². The summed E-state index contributed by atoms with van der Waals surface area (Å²) in [6.07, 6.45) is 0.470. The van der Waals surface area contributed by atoms with Crippen LogP contribution < -0.4 is 0 Å². The van der Waals surface area contributed by atoms with Crippen molar-refractivity contribution in [1.29, 1.82) is 0 Å². The van der Waals surface area contributed by atoms with Crippen LogP contribution in [0.1, 0.15) is 29.3 Å². The van der Waals surface area contributed by atoms with Crippen molar-refractivity contribution >= 4 is 23.5 Å². The van der Waals surface area contributed by atoms with Crippen LogP contribution in [0.5, 0.6) is 0 Å². The summed E-state index contributed by atoms with van der Waals surface area (Å²) in [6.45, 7) is 4.18. The highest BCUT2D eigenvalue weighted by molar-refractivity contribution is 6.34. The monoisotopic (exact) mass is 281 g/mol. The normalized spacial score (nSPS) is 22.6. The Morgan fingerprint density at radius 2 is 2.11 bits per heavy atom. The molecular formula is C14H16ClNO3. The van der Waals surface area contributed by atoms with Crippen molar-refractivity contribution < 1.29 is 14.7 Å². The Bertz CT molecular complexity index is 543. The fourth-order valence-corrected chi connectivity index (χ4v) is 2.50. The molecule has 1 aliphatic rings. The molecule has 0 aromatic heterocycles. The number of amides is 1. The minimum atomic E-state index is -0.863. The molecule has 1 N–H and O–H groups in total. The first-order valence-corrected chi connectivity index (χ1v) is 6.51. The van der Waals surface area contributed by atoms with Crippen molar-refractivity contribution in [3.05, 3.63) is 34.3 Å². The molecule has 1 heterocycles. The SMILES string of the molecule is Cc1cccc(C(=O)N2CCC(C)(C(=O)O)C2)c1Cl. The molecule has 1 atom stereocenters. The molecule has 1 aromatic rings. The second-order valence-electron chi connectivity index (χ2n) is 5.28. The molecule has 5 heteroatoms. The van der Waals surface area contributed by atoms with Gasteiger partial charge >= 0.3 is 5.97 Å². The van der Waals surface area contributed by atoms with Gasteiger partial charge in [-0.3, -0.25) is 9.59 Å². The molecule has 102 valence electrons. The van der Waals surface area contributed by atoms with Crippen molar-refractivity contribution in [3.63, 3.8) is 0 Å². The van der Waals surface area contributed by atoms with Gasteiger partial charge in [-0.1, -0.05) is 23.7 Å². The highest BCUT2D eigenvalue weighted by Gasteiger charge is 2.42. The van der Waals surface area contributed by atoms with Gasteiger partial charge in [0, 0.05) is 13.1 Å². The predicted octanol–water partition coefficient (Wildman–Crippen LogP) is 2.59. The van der Waals surface area contributed by atoms with Crippen molar-refractivity contribution in [2.45, 2.75) is 20.3 Å². The number of carboxylic acids is 1. The molecule has 4 nitrogen and oxygen atoms in total. The first kappa shape index (κ1) is 13.9. The summed E-state index contributed by atoms with van der Waals surface area (Å²) in [5, 5.41) is 9.62. The zero-order valence-corrected chi connectivity index (χ0v) is 11.7. The maximum Gasteiger partial charge on any atom is 0.311 e. The number of carbonyl (C=O) groups excluding carboxylic acids is 1. The van der Waals surface area contributed by atoms with E-state index in [2.05, 4.69) is 0 Å². The summed E-state index contributed by atoms with van der Waals surface area (Å²) >= 11 is 6.14. The van der Waals surface area contributed by atoms with E-state index in [0.717, 1.165) is 5.56 Å². The first-order valence-electron chi connectivity index (χ1n) is 6.13. The first-order chi connectivity index (χ1) is 8.85. The number of likely N-dealkylation sites (tertiary alicyclic amines) is 1. The Morgan fingerprint density at radius 1 is 1.42 bits per heavy atom. The lowest BCUT2D eigenvalue weighted by Gasteiger charge is -2.20. The summed E-state index contributed by atoms with van der Waals surface area (Å²) in [6, 6.07) is 5.29. The highest BCUT2D eigenvalue weighted by Crippen LogP contribution is 2.32. The Kier molecular flexibility index (Phi) is 3.54. The molecule has 0 spiro atoms. The molecule has 19 heavy (non-hydrogen) atoms. The number of carboxylic acid groups (broad SMARTS) is 1. The number of carbonyl (C=O) groups is 2. The van der Waals surface area contributed by atoms with Crippen LogP contribution in [-0.2, 0) is 4.79 Å². The smallest absolute Gasteiger partial charge is 0.311 e. The van der Waals surface area contributed by atoms with Gasteiger partial charge in [0.25, 0.3) is 5.91 Å². The van der Waals surface area contributed by atoms with Crippen LogP contribution in [0.15, 0.2) is 18.2 Å². The minimum absolute atomic E-state index is 0.196. The quantitative estimate of drug-likeness (QED) is 0.906. The summed E-state index contributed by atoms with van der Waals surface area (Å²) in [7, 11) is 0. The highest BCUT2D eigenvalue weighted by atomic mass is 35.5. The van der Waals surface area contributed by atoms with Crippen LogP contribution in [-0.4, -0.2) is 35.0 Å². The average Bonchev–Trinajstić information content (AvgIpc) is 2.76. The fraction of sp³-hybridized carbons (Fsp3) is 0.429. The molecule has 0 bridgehead atoms. The van der Waals surface area contributed by atoms with Gasteiger partial charge in [-0.05, 0) is 31.9 Å². The van der Waals surface area contributed by atoms with E-state index in [-0.39, 0.29) is 12.5 Å². The number of benzene rings is 1. The Labute approximate surface area is 117 Å². The van der Waals surface area contributed by atoms with E-state index < -0.39 is 11.4 Å². The topological polar surface area (TPSA) is 57.6 Å². The van der Waals surface area contributed by atoms with Crippen molar-refractivity contribution in [3.8, 4) is 0 Å². The van der Waals surface area contributed by atoms with Crippen LogP contribution in [0, 0.1) is 12.3 Å². The Balaban J connectivity index is 2.23. The lowest BCUT2D eigenvalue weighted by atomic mass is 9.90. The van der Waals surface area contributed by atoms with E-state index in [1.165, 1.54) is 0 Å². The third-order valence-corrected chi connectivity index (χ3v) is 4.20. The number of aliphatic carboxylic acids is 1. The second kappa shape index (κ2) is 4.85. The summed E-state index contributed by atoms with van der Waals surface area (Å²) in [5.74, 6) is -1.06. The third-order valence-electron chi connectivity index (χ3n) is 3.70. The number of halogens is 1. The van der Waals surface area contributed by atoms with Gasteiger partial charge in [0.1, 0.15) is 0 Å². The van der Waals surface area contributed by atoms with Crippen LogP contribution in [0.3, 0.4) is 0 Å². The van der Waals surface area contributed by atoms with Crippen LogP contribution >= 0.6 is 11.6 Å². The molecule has 0 saturated carbocycles. The maximum atomic E-state index is 12.4. The molecule has 1 aromatic carbocycles. The molecule has 2 rings (SSSR count). The van der Waals surface area contributed by atoms with E-state index in [9.17, 15) is 14.7 Å². The van der Waals surface area contributed by atoms with Crippen LogP contribution in [0.2, 0.25) is 5.02 Å². The van der Waals surface area contributed by atoms with E-state index in [4.69, 9.17) is 11.6 Å². The third kappa shape index (κ3) is 2.45. The van der Waals surface area contributed by atoms with Gasteiger partial charge in [-0.15, -0.1) is 0 Å². The van der Waals surface area contributed by atoms with E-state index in [1.54, 1.807) is 24.0 Å². The Hall–Kier alpha value is -1.55. The average molecular weight is 282 g/mol. The largest absolute Gasteiger partial charge is 0.481 e. The number of hydrogen-bond acceptors (Lipinski definition) is 2. The van der Waals surface area contributed by atoms with Gasteiger partial charge in [0.05, 0.1) is 16.0 Å². The van der Waals surface area contributed by atoms with Crippen molar-refractivity contribution in [2.75, 3.05) is 13.1 Å². The molecular weight excluding hydrogens is 266 g/mol. The summed E-state index contributed by atoms with van der Waals surface area (Å²) in [4.78, 5) is 25.1. The molecule has 1 unspecified atom stereocenters. The van der Waals surface area contributed by atoms with Crippen molar-refractivity contribution in [1.82, 2.24) is 4.90 Å². The standard InChI is InChI=1S/C14H16ClNO3/c1-9-4-3-5-10(11(9)15)12(17)16-7-6-14(2,8-16)13(18)19/h3-5H,6-8H2,1-2H3,(H,18,19). The van der Waals surface area contributed by atoms with Crippen LogP contribution in [0.4, 0.5) is 0 Å². The van der Waals surface area contributed by atoms with Gasteiger partial charge in [-0.25, -0.2) is 0 Å². The summed E-state index contributed by atoms with van der Waals surface area (Å²) < 4.78 is 0. The van der Waals surface area contributed by atoms with Gasteiger partial charge in [-0.2, -0.15) is 0 Å². The molecule has 1 aliphatic heterocycles. The zero-order valence-electron chi connectivity index (χ0n) is 10.9. The molecule has 0 aliphatic carbocycles. The number of rotatable bonds is 2. The summed E-state index contributed by atoms with van der Waals surface area (Å²) in [5.41, 5.74) is 0.426. The fourth-order valence-electron chi connectivity index (χ4n) is 2.29. The van der Waals surface area contributed by atoms with Crippen molar-refractivity contribution in [2.24, 2.45) is 5.41 Å². The minimum Gasteiger partial charge on any atom is -0.481 e. The molecule has 1 saturated heterocycles. The number of nitrogens with zero attached hydrogens (tertiary/aromatic N) is 1. The van der Waals surface area contributed by atoms with Crippen LogP contribution in [0.25, 0.3) is 0 Å². The predicted molar refractivity (Wildman–Crippen MR) is 72.5 cm³/mol. The molecule has 0 radical (unpaired) electrons. The lowest BCUT2D eigenvalue weighted by Crippen LogP contribution is -2.35. The molecule has 1 fully saturated rings. The Morgan fingerprint density at radius 3 is 2.68 bits per heavy atom. The maximum absolute atomic E-state index is 12.4. The van der Waals surface area contributed by atoms with Gasteiger partial charge < -0.3 is 10.0 Å². The number of hydrogen-bond donors (Lipinski definition) is 1. The van der Waals surface area contributed by atoms with E-state index in [1.807, 2.05) is 13.0 Å². The number of aryl methyl sites for hydroxylation is 1. The molecule has 1 amide bonds. The lowest BCUT2D eigenvalue weighted by molar-refractivity contribution is -0.147. The zero-order chi connectivity index (χ0) is 14.2. The second-order valence-corrected chi connectivity index (χ2v) is 5.66. The van der Waals surface area contributed by atoms with Gasteiger partial charge in [0.15, 0.2) is 0 Å². The van der Waals surface area contributed by atoms with E-state index in [0.29, 0.717) is 23.6 Å².